The molecule has 0 aliphatic carbocycles. The number of fused-ring (bicyclic) bond motifs is 1. The number of nitro groups is 2. The summed E-state index contributed by atoms with van der Waals surface area (Å²) in [7, 11) is 0. The molecule has 0 amide bonds. The average molecular weight is 477 g/mol. The molecule has 0 aromatic heterocycles. The summed E-state index contributed by atoms with van der Waals surface area (Å²) >= 11 is 6.36. The number of hydrogen-bond acceptors (Lipinski definition) is 7. The molecule has 4 aromatic rings. The first-order valence-electron chi connectivity index (χ1n) is 10.0. The van der Waals surface area contributed by atoms with Crippen molar-refractivity contribution in [3.05, 3.63) is 115 Å². The fraction of sp³-hybridized carbons (Fsp3) is 0.0417. The van der Waals surface area contributed by atoms with Gasteiger partial charge in [-0.15, -0.1) is 0 Å². The van der Waals surface area contributed by atoms with E-state index in [9.17, 15) is 20.2 Å². The highest BCUT2D eigenvalue weighted by Gasteiger charge is 2.19. The Morgan fingerprint density at radius 2 is 1.74 bits per heavy atom. The van der Waals surface area contributed by atoms with Crippen molar-refractivity contribution in [3.63, 3.8) is 0 Å². The standard InChI is InChI=1S/C24H17ClN4O5/c25-21-12-16(14-26-27-22-10-9-19(28(30)31)13-23(22)29(32)33)8-11-24(21)34-15-18-6-3-5-17-4-1-2-7-20(17)18/h1-14,27H,15H2/b26-14+. The van der Waals surface area contributed by atoms with Crippen LogP contribution in [-0.2, 0) is 6.61 Å². The molecule has 0 saturated heterocycles. The minimum atomic E-state index is -0.718. The first kappa shape index (κ1) is 22.7. The minimum absolute atomic E-state index is 0.0213. The van der Waals surface area contributed by atoms with Gasteiger partial charge in [0.15, 0.2) is 0 Å². The van der Waals surface area contributed by atoms with Gasteiger partial charge in [-0.2, -0.15) is 5.10 Å². The van der Waals surface area contributed by atoms with Gasteiger partial charge in [-0.05, 0) is 46.2 Å². The number of hydrazone groups is 1. The minimum Gasteiger partial charge on any atom is -0.487 e. The number of benzene rings is 4. The number of nitrogens with one attached hydrogen (secondary N) is 1. The van der Waals surface area contributed by atoms with Crippen molar-refractivity contribution < 1.29 is 14.6 Å². The molecule has 1 N–H and O–H groups in total. The highest BCUT2D eigenvalue weighted by Crippen LogP contribution is 2.30. The van der Waals surface area contributed by atoms with Crippen molar-refractivity contribution in [1.82, 2.24) is 0 Å². The third-order valence-electron chi connectivity index (χ3n) is 5.01. The van der Waals surface area contributed by atoms with E-state index in [2.05, 4.69) is 10.5 Å². The predicted molar refractivity (Wildman–Crippen MR) is 131 cm³/mol. The van der Waals surface area contributed by atoms with Crippen LogP contribution in [-0.4, -0.2) is 16.1 Å². The largest absolute Gasteiger partial charge is 0.487 e. The number of halogens is 1. The Balaban J connectivity index is 1.44. The van der Waals surface area contributed by atoms with Gasteiger partial charge in [-0.25, -0.2) is 0 Å². The van der Waals surface area contributed by atoms with E-state index in [0.717, 1.165) is 28.5 Å². The maximum absolute atomic E-state index is 11.2. The molecule has 0 heterocycles. The number of nitro benzene ring substituents is 2. The van der Waals surface area contributed by atoms with Gasteiger partial charge in [0.1, 0.15) is 18.0 Å². The summed E-state index contributed by atoms with van der Waals surface area (Å²) < 4.78 is 5.91. The van der Waals surface area contributed by atoms with Crippen LogP contribution < -0.4 is 10.2 Å². The summed E-state index contributed by atoms with van der Waals surface area (Å²) in [6.45, 7) is 0.347. The maximum Gasteiger partial charge on any atom is 0.301 e. The van der Waals surface area contributed by atoms with Gasteiger partial charge in [-0.1, -0.05) is 54.1 Å². The highest BCUT2D eigenvalue weighted by molar-refractivity contribution is 6.32. The molecule has 170 valence electrons. The molecule has 10 heteroatoms. The van der Waals surface area contributed by atoms with Crippen LogP contribution in [0, 0.1) is 20.2 Å². The Morgan fingerprint density at radius 1 is 0.941 bits per heavy atom. The van der Waals surface area contributed by atoms with Crippen LogP contribution in [0.15, 0.2) is 84.0 Å². The fourth-order valence-electron chi connectivity index (χ4n) is 3.34. The third kappa shape index (κ3) is 5.11. The van der Waals surface area contributed by atoms with Crippen molar-refractivity contribution in [2.24, 2.45) is 5.10 Å². The van der Waals surface area contributed by atoms with Crippen molar-refractivity contribution in [1.29, 1.82) is 0 Å². The lowest BCUT2D eigenvalue weighted by atomic mass is 10.1. The lowest BCUT2D eigenvalue weighted by molar-refractivity contribution is -0.393. The zero-order valence-corrected chi connectivity index (χ0v) is 18.3. The average Bonchev–Trinajstić information content (AvgIpc) is 2.83. The van der Waals surface area contributed by atoms with E-state index in [1.54, 1.807) is 18.2 Å². The molecule has 0 atom stereocenters. The molecule has 4 aromatic carbocycles. The summed E-state index contributed by atoms with van der Waals surface area (Å²) in [5.74, 6) is 0.505. The maximum atomic E-state index is 11.2. The van der Waals surface area contributed by atoms with Gasteiger partial charge in [0.2, 0.25) is 0 Å². The number of non-ortho nitro benzene ring substituents is 1. The highest BCUT2D eigenvalue weighted by atomic mass is 35.5. The molecule has 34 heavy (non-hydrogen) atoms. The van der Waals surface area contributed by atoms with Crippen LogP contribution in [0.4, 0.5) is 17.1 Å². The van der Waals surface area contributed by atoms with Crippen molar-refractivity contribution >= 4 is 45.7 Å². The number of nitrogens with zero attached hydrogens (tertiary/aromatic N) is 3. The molecule has 4 rings (SSSR count). The molecule has 0 spiro atoms. The number of hydrogen-bond donors (Lipinski definition) is 1. The van der Waals surface area contributed by atoms with E-state index < -0.39 is 15.5 Å². The predicted octanol–water partition coefficient (Wildman–Crippen LogP) is 6.33. The smallest absolute Gasteiger partial charge is 0.301 e. The SMILES string of the molecule is O=[N+]([O-])c1ccc(N/N=C/c2ccc(OCc3cccc4ccccc34)c(Cl)c2)c([N+](=O)[O-])c1. The van der Waals surface area contributed by atoms with E-state index in [4.69, 9.17) is 16.3 Å². The van der Waals surface area contributed by atoms with Gasteiger partial charge >= 0.3 is 5.69 Å². The van der Waals surface area contributed by atoms with Gasteiger partial charge in [0, 0.05) is 6.07 Å². The first-order valence-corrected chi connectivity index (χ1v) is 10.4. The van der Waals surface area contributed by atoms with E-state index in [0.29, 0.717) is 22.9 Å². The van der Waals surface area contributed by atoms with Gasteiger partial charge < -0.3 is 4.74 Å². The van der Waals surface area contributed by atoms with Gasteiger partial charge in [-0.3, -0.25) is 25.7 Å². The fourth-order valence-corrected chi connectivity index (χ4v) is 3.59. The summed E-state index contributed by atoms with van der Waals surface area (Å²) in [6.07, 6.45) is 1.42. The van der Waals surface area contributed by atoms with Crippen molar-refractivity contribution in [3.8, 4) is 5.75 Å². The van der Waals surface area contributed by atoms with Gasteiger partial charge in [0.25, 0.3) is 5.69 Å². The second kappa shape index (κ2) is 9.97. The molecule has 0 unspecified atom stereocenters. The number of rotatable bonds is 8. The second-order valence-electron chi connectivity index (χ2n) is 7.20. The number of ether oxygens (including phenoxy) is 1. The molecule has 0 aliphatic rings. The van der Waals surface area contributed by atoms with Crippen LogP contribution in [0.3, 0.4) is 0 Å². The summed E-state index contributed by atoms with van der Waals surface area (Å²) in [5.41, 5.74) is 3.38. The molecular formula is C24H17ClN4O5. The topological polar surface area (TPSA) is 120 Å². The normalized spacial score (nSPS) is 11.0. The summed E-state index contributed by atoms with van der Waals surface area (Å²) in [6, 6.07) is 22.4. The van der Waals surface area contributed by atoms with E-state index in [1.807, 2.05) is 42.5 Å². The van der Waals surface area contributed by atoms with E-state index in [-0.39, 0.29) is 11.4 Å². The van der Waals surface area contributed by atoms with E-state index >= 15 is 0 Å². The van der Waals surface area contributed by atoms with Crippen LogP contribution in [0.25, 0.3) is 10.8 Å². The Labute approximate surface area is 198 Å². The Hall–Kier alpha value is -4.50. The lowest BCUT2D eigenvalue weighted by Gasteiger charge is -2.11. The lowest BCUT2D eigenvalue weighted by Crippen LogP contribution is -1.99. The van der Waals surface area contributed by atoms with Crippen molar-refractivity contribution in [2.75, 3.05) is 5.43 Å². The van der Waals surface area contributed by atoms with Crippen LogP contribution >= 0.6 is 11.6 Å². The van der Waals surface area contributed by atoms with Crippen LogP contribution in [0.5, 0.6) is 5.75 Å². The van der Waals surface area contributed by atoms with Gasteiger partial charge in [0.05, 0.1) is 27.2 Å². The second-order valence-corrected chi connectivity index (χ2v) is 7.61. The summed E-state index contributed by atoms with van der Waals surface area (Å²) in [5, 5.41) is 28.6. The quantitative estimate of drug-likeness (QED) is 0.180. The zero-order chi connectivity index (χ0) is 24.1. The molecule has 0 radical (unpaired) electrons. The number of anilines is 1. The first-order chi connectivity index (χ1) is 16.4. The molecular weight excluding hydrogens is 460 g/mol. The van der Waals surface area contributed by atoms with E-state index in [1.165, 1.54) is 12.3 Å². The third-order valence-corrected chi connectivity index (χ3v) is 5.30. The zero-order valence-electron chi connectivity index (χ0n) is 17.6. The molecule has 9 nitrogen and oxygen atoms in total. The molecule has 0 fully saturated rings. The van der Waals surface area contributed by atoms with Crippen LogP contribution in [0.1, 0.15) is 11.1 Å². The molecule has 0 saturated carbocycles. The monoisotopic (exact) mass is 476 g/mol. The molecule has 0 aliphatic heterocycles. The molecule has 0 bridgehead atoms. The summed E-state index contributed by atoms with van der Waals surface area (Å²) in [4.78, 5) is 20.6. The Morgan fingerprint density at radius 3 is 2.50 bits per heavy atom. The van der Waals surface area contributed by atoms with Crippen molar-refractivity contribution in [2.45, 2.75) is 6.61 Å². The Kier molecular flexibility index (Phi) is 6.65. The van der Waals surface area contributed by atoms with Crippen LogP contribution in [0.2, 0.25) is 5.02 Å². The Bertz CT molecular complexity index is 1420.